The van der Waals surface area contributed by atoms with Gasteiger partial charge in [-0.25, -0.2) is 8.42 Å². The average molecular weight is 344 g/mol. The van der Waals surface area contributed by atoms with Crippen molar-refractivity contribution in [3.8, 4) is 5.75 Å². The molecule has 0 bridgehead atoms. The van der Waals surface area contributed by atoms with Crippen LogP contribution in [-0.2, 0) is 10.0 Å². The van der Waals surface area contributed by atoms with E-state index in [9.17, 15) is 8.42 Å². The van der Waals surface area contributed by atoms with Crippen molar-refractivity contribution in [2.75, 3.05) is 11.8 Å². The Hall–Kier alpha value is -1.77. The maximum Gasteiger partial charge on any atom is 0.265 e. The second-order valence-electron chi connectivity index (χ2n) is 4.18. The van der Waals surface area contributed by atoms with Gasteiger partial charge in [0.1, 0.15) is 4.90 Å². The quantitative estimate of drug-likeness (QED) is 0.762. The number of ether oxygens (including phenoxy) is 1. The number of sulfonamides is 1. The van der Waals surface area contributed by atoms with Gasteiger partial charge >= 0.3 is 0 Å². The summed E-state index contributed by atoms with van der Waals surface area (Å²) in [6.45, 7) is 0. The lowest BCUT2D eigenvalue weighted by atomic mass is 10.2. The molecule has 0 aliphatic carbocycles. The SMILES string of the molecule is COc1csnc1NS(=O)(=O)c1c[nH]c2cc(Cl)ccc12. The molecule has 0 atom stereocenters. The summed E-state index contributed by atoms with van der Waals surface area (Å²) in [5.74, 6) is 0.553. The smallest absolute Gasteiger partial charge is 0.265 e. The van der Waals surface area contributed by atoms with Crippen LogP contribution in [0.1, 0.15) is 0 Å². The van der Waals surface area contributed by atoms with Crippen LogP contribution in [0, 0.1) is 0 Å². The van der Waals surface area contributed by atoms with Crippen LogP contribution in [-0.4, -0.2) is 24.9 Å². The standard InChI is InChI=1S/C12H10ClN3O3S2/c1-19-10-6-20-15-12(10)16-21(17,18)11-5-14-9-4-7(13)2-3-8(9)11/h2-6,14H,1H3,(H,15,16). The van der Waals surface area contributed by atoms with Gasteiger partial charge in [-0.15, -0.1) is 0 Å². The highest BCUT2D eigenvalue weighted by atomic mass is 35.5. The summed E-state index contributed by atoms with van der Waals surface area (Å²) in [6.07, 6.45) is 1.42. The zero-order chi connectivity index (χ0) is 15.0. The third-order valence-electron chi connectivity index (χ3n) is 2.88. The van der Waals surface area contributed by atoms with E-state index in [1.807, 2.05) is 0 Å². The predicted octanol–water partition coefficient (Wildman–Crippen LogP) is 3.09. The predicted molar refractivity (Wildman–Crippen MR) is 82.8 cm³/mol. The van der Waals surface area contributed by atoms with Gasteiger partial charge in [-0.1, -0.05) is 11.6 Å². The first-order chi connectivity index (χ1) is 10.0. The Bertz CT molecular complexity index is 902. The highest BCUT2D eigenvalue weighted by molar-refractivity contribution is 7.93. The highest BCUT2D eigenvalue weighted by Gasteiger charge is 2.22. The van der Waals surface area contributed by atoms with Crippen molar-refractivity contribution in [2.24, 2.45) is 0 Å². The van der Waals surface area contributed by atoms with Gasteiger partial charge in [0.2, 0.25) is 0 Å². The van der Waals surface area contributed by atoms with Crippen molar-refractivity contribution in [1.82, 2.24) is 9.36 Å². The van der Waals surface area contributed by atoms with Crippen molar-refractivity contribution >= 4 is 49.9 Å². The number of fused-ring (bicyclic) bond motifs is 1. The monoisotopic (exact) mass is 343 g/mol. The topological polar surface area (TPSA) is 84.1 Å². The molecule has 6 nitrogen and oxygen atoms in total. The van der Waals surface area contributed by atoms with Crippen molar-refractivity contribution in [3.05, 3.63) is 34.8 Å². The molecule has 3 aromatic rings. The molecule has 1 aromatic carbocycles. The molecule has 0 saturated carbocycles. The number of rotatable bonds is 4. The van der Waals surface area contributed by atoms with Crippen LogP contribution in [0.25, 0.3) is 10.9 Å². The Morgan fingerprint density at radius 3 is 3.00 bits per heavy atom. The Morgan fingerprint density at radius 2 is 2.24 bits per heavy atom. The molecule has 9 heteroatoms. The number of nitrogens with one attached hydrogen (secondary N) is 2. The van der Waals surface area contributed by atoms with Gasteiger partial charge in [0.25, 0.3) is 10.0 Å². The second kappa shape index (κ2) is 5.21. The number of nitrogens with zero attached hydrogens (tertiary/aromatic N) is 1. The third-order valence-corrected chi connectivity index (χ3v) is 5.10. The summed E-state index contributed by atoms with van der Waals surface area (Å²) in [4.78, 5) is 3.02. The molecule has 0 unspecified atom stereocenters. The molecule has 0 aliphatic rings. The van der Waals surface area contributed by atoms with Crippen LogP contribution in [0.3, 0.4) is 0 Å². The Balaban J connectivity index is 2.04. The van der Waals surface area contributed by atoms with E-state index in [-0.39, 0.29) is 10.7 Å². The molecule has 21 heavy (non-hydrogen) atoms. The fraction of sp³-hybridized carbons (Fsp3) is 0.0833. The number of H-pyrrole nitrogens is 1. The first kappa shape index (κ1) is 14.2. The van der Waals surface area contributed by atoms with Crippen molar-refractivity contribution in [1.29, 1.82) is 0 Å². The lowest BCUT2D eigenvalue weighted by Gasteiger charge is -2.06. The number of methoxy groups -OCH3 is 1. The second-order valence-corrected chi connectivity index (χ2v) is 6.90. The number of halogens is 1. The molecule has 0 amide bonds. The molecular weight excluding hydrogens is 334 g/mol. The van der Waals surface area contributed by atoms with Gasteiger partial charge in [0.05, 0.1) is 12.5 Å². The van der Waals surface area contributed by atoms with E-state index in [4.69, 9.17) is 16.3 Å². The zero-order valence-electron chi connectivity index (χ0n) is 10.8. The minimum atomic E-state index is -3.77. The minimum absolute atomic E-state index is 0.129. The van der Waals surface area contributed by atoms with Gasteiger partial charge in [0.15, 0.2) is 11.6 Å². The normalized spacial score (nSPS) is 11.7. The zero-order valence-corrected chi connectivity index (χ0v) is 13.1. The molecule has 3 rings (SSSR count). The molecule has 0 spiro atoms. The highest BCUT2D eigenvalue weighted by Crippen LogP contribution is 2.30. The van der Waals surface area contributed by atoms with E-state index in [1.165, 1.54) is 13.3 Å². The summed E-state index contributed by atoms with van der Waals surface area (Å²) in [5, 5.41) is 2.70. The summed E-state index contributed by atoms with van der Waals surface area (Å²) in [7, 11) is -2.32. The Kier molecular flexibility index (Phi) is 3.52. The van der Waals surface area contributed by atoms with Gasteiger partial charge in [-0.2, -0.15) is 4.37 Å². The average Bonchev–Trinajstić information content (AvgIpc) is 3.04. The van der Waals surface area contributed by atoms with Gasteiger partial charge in [-0.05, 0) is 29.7 Å². The number of hydrogen-bond acceptors (Lipinski definition) is 5. The van der Waals surface area contributed by atoms with E-state index >= 15 is 0 Å². The Labute approximate surface area is 129 Å². The molecule has 0 fully saturated rings. The molecular formula is C12H10ClN3O3S2. The minimum Gasteiger partial charge on any atom is -0.492 e. The van der Waals surface area contributed by atoms with Crippen LogP contribution in [0.5, 0.6) is 5.75 Å². The van der Waals surface area contributed by atoms with Crippen LogP contribution >= 0.6 is 23.1 Å². The molecule has 2 aromatic heterocycles. The number of benzene rings is 1. The fourth-order valence-corrected chi connectivity index (χ4v) is 3.94. The number of hydrogen-bond donors (Lipinski definition) is 2. The fourth-order valence-electron chi connectivity index (χ4n) is 1.92. The Morgan fingerprint density at radius 1 is 1.43 bits per heavy atom. The van der Waals surface area contributed by atoms with E-state index in [0.29, 0.717) is 21.7 Å². The number of aromatic amines is 1. The molecule has 110 valence electrons. The molecule has 0 aliphatic heterocycles. The van der Waals surface area contributed by atoms with E-state index < -0.39 is 10.0 Å². The van der Waals surface area contributed by atoms with Crippen molar-refractivity contribution in [2.45, 2.75) is 4.90 Å². The van der Waals surface area contributed by atoms with Crippen LogP contribution < -0.4 is 9.46 Å². The summed E-state index contributed by atoms with van der Waals surface area (Å²) >= 11 is 6.99. The lowest BCUT2D eigenvalue weighted by Crippen LogP contribution is -2.13. The maximum atomic E-state index is 12.5. The van der Waals surface area contributed by atoms with E-state index in [0.717, 1.165) is 11.5 Å². The summed E-state index contributed by atoms with van der Waals surface area (Å²) < 4.78 is 36.4. The van der Waals surface area contributed by atoms with Crippen LogP contribution in [0.2, 0.25) is 5.02 Å². The molecule has 2 heterocycles. The molecule has 0 radical (unpaired) electrons. The summed E-state index contributed by atoms with van der Waals surface area (Å²) in [6, 6.07) is 4.96. The number of anilines is 1. The first-order valence-electron chi connectivity index (χ1n) is 5.79. The van der Waals surface area contributed by atoms with Crippen LogP contribution in [0.4, 0.5) is 5.82 Å². The lowest BCUT2D eigenvalue weighted by molar-refractivity contribution is 0.418. The van der Waals surface area contributed by atoms with Gasteiger partial charge in [0, 0.05) is 22.1 Å². The van der Waals surface area contributed by atoms with Crippen molar-refractivity contribution < 1.29 is 13.2 Å². The third kappa shape index (κ3) is 2.57. The van der Waals surface area contributed by atoms with Crippen molar-refractivity contribution in [3.63, 3.8) is 0 Å². The molecule has 2 N–H and O–H groups in total. The largest absolute Gasteiger partial charge is 0.492 e. The number of aromatic nitrogens is 2. The maximum absolute atomic E-state index is 12.5. The summed E-state index contributed by atoms with van der Waals surface area (Å²) in [5.41, 5.74) is 0.646. The van der Waals surface area contributed by atoms with Crippen LogP contribution in [0.15, 0.2) is 34.7 Å². The van der Waals surface area contributed by atoms with Gasteiger partial charge < -0.3 is 9.72 Å². The van der Waals surface area contributed by atoms with E-state index in [1.54, 1.807) is 23.6 Å². The van der Waals surface area contributed by atoms with Gasteiger partial charge in [-0.3, -0.25) is 4.72 Å². The van der Waals surface area contributed by atoms with E-state index in [2.05, 4.69) is 14.1 Å². The first-order valence-corrected chi connectivity index (χ1v) is 8.49. The molecule has 0 saturated heterocycles.